The van der Waals surface area contributed by atoms with Crippen LogP contribution < -0.4 is 15.4 Å². The normalized spacial score (nSPS) is 24.7. The average molecular weight is 530 g/mol. The SMILES string of the molecule is CCn1cnc2c(Nc3ccc(S(=O)(=O)N[C@H]4CC[C@H](O)CC4)cc3)nc(NC3CCC(O)CC3)nc21. The number of aliphatic hydroxyl groups is 2. The Morgan fingerprint density at radius 1 is 0.919 bits per heavy atom. The molecule has 2 aliphatic carbocycles. The van der Waals surface area contributed by atoms with Gasteiger partial charge in [-0.15, -0.1) is 0 Å². The van der Waals surface area contributed by atoms with Gasteiger partial charge in [0.1, 0.15) is 0 Å². The minimum Gasteiger partial charge on any atom is -0.393 e. The number of nitrogens with one attached hydrogen (secondary N) is 3. The summed E-state index contributed by atoms with van der Waals surface area (Å²) >= 11 is 0. The van der Waals surface area contributed by atoms with Gasteiger partial charge in [-0.25, -0.2) is 18.1 Å². The summed E-state index contributed by atoms with van der Waals surface area (Å²) in [4.78, 5) is 14.1. The first-order valence-electron chi connectivity index (χ1n) is 13.1. The number of imidazole rings is 1. The highest BCUT2D eigenvalue weighted by Gasteiger charge is 2.25. The van der Waals surface area contributed by atoms with Crippen LogP contribution in [0.25, 0.3) is 11.2 Å². The molecule has 2 aliphatic rings. The highest BCUT2D eigenvalue weighted by molar-refractivity contribution is 7.89. The molecule has 5 N–H and O–H groups in total. The Kier molecular flexibility index (Phi) is 7.61. The van der Waals surface area contributed by atoms with Gasteiger partial charge in [0.25, 0.3) is 0 Å². The van der Waals surface area contributed by atoms with E-state index >= 15 is 0 Å². The number of rotatable bonds is 8. The van der Waals surface area contributed by atoms with Crippen molar-refractivity contribution in [3.05, 3.63) is 30.6 Å². The van der Waals surface area contributed by atoms with E-state index in [1.165, 1.54) is 0 Å². The van der Waals surface area contributed by atoms with Crippen LogP contribution in [0, 0.1) is 0 Å². The van der Waals surface area contributed by atoms with Crippen LogP contribution in [-0.4, -0.2) is 62.4 Å². The molecule has 2 heterocycles. The van der Waals surface area contributed by atoms with E-state index in [0.717, 1.165) is 25.7 Å². The maximum absolute atomic E-state index is 12.9. The molecule has 12 heteroatoms. The number of sulfonamides is 1. The standard InChI is InChI=1S/C25H35N7O4S/c1-2-32-15-26-22-23(29-25(30-24(22)32)28-17-3-9-19(33)10-4-17)27-16-7-13-21(14-8-16)37(35,36)31-18-5-11-20(34)12-6-18/h7-8,13-15,17-20,31,33-34H,2-6,9-12H2,1H3,(H2,27,28,29,30)/t17?,18-,19?,20-. The van der Waals surface area contributed by atoms with Gasteiger partial charge in [-0.1, -0.05) is 0 Å². The molecule has 1 aromatic carbocycles. The molecule has 0 atom stereocenters. The number of nitrogens with zero attached hydrogens (tertiary/aromatic N) is 4. The summed E-state index contributed by atoms with van der Waals surface area (Å²) in [7, 11) is -3.66. The molecule has 0 aliphatic heterocycles. The number of aliphatic hydroxyl groups excluding tert-OH is 2. The average Bonchev–Trinajstić information content (AvgIpc) is 3.30. The number of aryl methyl sites for hydroxylation is 1. The van der Waals surface area contributed by atoms with Crippen LogP contribution in [0.5, 0.6) is 0 Å². The first-order chi connectivity index (χ1) is 17.8. The zero-order valence-electron chi connectivity index (χ0n) is 21.0. The Bertz CT molecular complexity index is 1310. The van der Waals surface area contributed by atoms with Crippen molar-refractivity contribution < 1.29 is 18.6 Å². The summed E-state index contributed by atoms with van der Waals surface area (Å²) < 4.78 is 30.4. The molecule has 2 saturated carbocycles. The topological polar surface area (TPSA) is 154 Å². The van der Waals surface area contributed by atoms with Gasteiger partial charge in [-0.3, -0.25) is 0 Å². The molecule has 11 nitrogen and oxygen atoms in total. The van der Waals surface area contributed by atoms with Crippen LogP contribution >= 0.6 is 0 Å². The van der Waals surface area contributed by atoms with Crippen molar-refractivity contribution in [3.63, 3.8) is 0 Å². The number of hydrogen-bond donors (Lipinski definition) is 5. The molecule has 0 saturated heterocycles. The summed E-state index contributed by atoms with van der Waals surface area (Å²) in [6, 6.07) is 6.58. The highest BCUT2D eigenvalue weighted by atomic mass is 32.2. The van der Waals surface area contributed by atoms with Crippen LogP contribution in [-0.2, 0) is 16.6 Å². The molecule has 3 aromatic rings. The van der Waals surface area contributed by atoms with E-state index in [1.54, 1.807) is 30.6 Å². The summed E-state index contributed by atoms with van der Waals surface area (Å²) in [5.74, 6) is 1.03. The van der Waals surface area contributed by atoms with Gasteiger partial charge >= 0.3 is 0 Å². The van der Waals surface area contributed by atoms with Crippen molar-refractivity contribution >= 4 is 38.6 Å². The molecule has 0 spiro atoms. The largest absolute Gasteiger partial charge is 0.393 e. The minimum atomic E-state index is -3.66. The molecule has 0 radical (unpaired) electrons. The number of aromatic nitrogens is 4. The zero-order chi connectivity index (χ0) is 26.0. The van der Waals surface area contributed by atoms with Crippen molar-refractivity contribution in [1.82, 2.24) is 24.2 Å². The highest BCUT2D eigenvalue weighted by Crippen LogP contribution is 2.28. The van der Waals surface area contributed by atoms with E-state index < -0.39 is 10.0 Å². The Balaban J connectivity index is 1.34. The van der Waals surface area contributed by atoms with Crippen molar-refractivity contribution in [2.45, 2.75) is 94.0 Å². The molecule has 37 heavy (non-hydrogen) atoms. The molecule has 200 valence electrons. The zero-order valence-corrected chi connectivity index (χ0v) is 21.8. The van der Waals surface area contributed by atoms with Crippen molar-refractivity contribution in [2.24, 2.45) is 0 Å². The Morgan fingerprint density at radius 3 is 2.16 bits per heavy atom. The minimum absolute atomic E-state index is 0.160. The molecule has 5 rings (SSSR count). The van der Waals surface area contributed by atoms with Gasteiger partial charge in [0.05, 0.1) is 23.4 Å². The van der Waals surface area contributed by atoms with Gasteiger partial charge in [-0.2, -0.15) is 9.97 Å². The summed E-state index contributed by atoms with van der Waals surface area (Å²) in [5, 5.41) is 26.2. The predicted octanol–water partition coefficient (Wildman–Crippen LogP) is 2.89. The Morgan fingerprint density at radius 2 is 1.54 bits per heavy atom. The summed E-state index contributed by atoms with van der Waals surface area (Å²) in [6.45, 7) is 2.73. The lowest BCUT2D eigenvalue weighted by molar-refractivity contribution is 0.120. The number of benzene rings is 1. The number of fused-ring (bicyclic) bond motifs is 1. The van der Waals surface area contributed by atoms with Crippen LogP contribution in [0.4, 0.5) is 17.5 Å². The van der Waals surface area contributed by atoms with Gasteiger partial charge in [0.15, 0.2) is 17.0 Å². The lowest BCUT2D eigenvalue weighted by atomic mass is 9.93. The monoisotopic (exact) mass is 529 g/mol. The van der Waals surface area contributed by atoms with E-state index in [0.29, 0.717) is 60.8 Å². The maximum Gasteiger partial charge on any atom is 0.240 e. The van der Waals surface area contributed by atoms with Gasteiger partial charge in [-0.05, 0) is 82.6 Å². The predicted molar refractivity (Wildman–Crippen MR) is 141 cm³/mol. The van der Waals surface area contributed by atoms with E-state index in [4.69, 9.17) is 4.98 Å². The molecule has 2 aromatic heterocycles. The van der Waals surface area contributed by atoms with E-state index in [9.17, 15) is 18.6 Å². The van der Waals surface area contributed by atoms with Crippen LogP contribution in [0.3, 0.4) is 0 Å². The second-order valence-corrected chi connectivity index (χ2v) is 11.7. The second kappa shape index (κ2) is 10.9. The Labute approximate surface area is 216 Å². The second-order valence-electron chi connectivity index (χ2n) is 10.0. The lowest BCUT2D eigenvalue weighted by Gasteiger charge is -2.26. The lowest BCUT2D eigenvalue weighted by Crippen LogP contribution is -2.38. The van der Waals surface area contributed by atoms with Crippen LogP contribution in [0.1, 0.15) is 58.3 Å². The molecule has 0 bridgehead atoms. The fraction of sp³-hybridized carbons (Fsp3) is 0.560. The molecule has 0 unspecified atom stereocenters. The quantitative estimate of drug-likeness (QED) is 0.296. The van der Waals surface area contributed by atoms with Crippen molar-refractivity contribution in [1.29, 1.82) is 0 Å². The maximum atomic E-state index is 12.9. The van der Waals surface area contributed by atoms with Crippen LogP contribution in [0.2, 0.25) is 0 Å². The first kappa shape index (κ1) is 25.8. The Hall–Kier alpha value is -2.80. The van der Waals surface area contributed by atoms with Gasteiger partial charge in [0, 0.05) is 24.3 Å². The van der Waals surface area contributed by atoms with Crippen molar-refractivity contribution in [2.75, 3.05) is 10.6 Å². The molecule has 0 amide bonds. The van der Waals surface area contributed by atoms with Crippen LogP contribution in [0.15, 0.2) is 35.5 Å². The third kappa shape index (κ3) is 6.03. The molecular weight excluding hydrogens is 494 g/mol. The summed E-state index contributed by atoms with van der Waals surface area (Å²) in [5.41, 5.74) is 2.01. The number of hydrogen-bond acceptors (Lipinski definition) is 9. The summed E-state index contributed by atoms with van der Waals surface area (Å²) in [6.07, 6.45) is 6.85. The van der Waals surface area contributed by atoms with E-state index in [2.05, 4.69) is 25.3 Å². The first-order valence-corrected chi connectivity index (χ1v) is 14.5. The third-order valence-corrected chi connectivity index (χ3v) is 8.82. The fourth-order valence-electron chi connectivity index (χ4n) is 5.07. The van der Waals surface area contributed by atoms with Gasteiger partial charge in [0.2, 0.25) is 16.0 Å². The third-order valence-electron chi connectivity index (χ3n) is 7.28. The van der Waals surface area contributed by atoms with Gasteiger partial charge < -0.3 is 25.4 Å². The van der Waals surface area contributed by atoms with E-state index in [1.807, 2.05) is 11.5 Å². The molecule has 2 fully saturated rings. The van der Waals surface area contributed by atoms with Crippen molar-refractivity contribution in [3.8, 4) is 0 Å². The smallest absolute Gasteiger partial charge is 0.240 e. The van der Waals surface area contributed by atoms with E-state index in [-0.39, 0.29) is 29.2 Å². The number of anilines is 3. The molecular formula is C25H35N7O4S. The fourth-order valence-corrected chi connectivity index (χ4v) is 6.37.